The van der Waals surface area contributed by atoms with Crippen molar-refractivity contribution in [3.8, 4) is 11.4 Å². The summed E-state index contributed by atoms with van der Waals surface area (Å²) in [6.07, 6.45) is 2.86. The number of amides is 1. The molecule has 0 aromatic carbocycles. The summed E-state index contributed by atoms with van der Waals surface area (Å²) in [5.74, 6) is -1.36. The summed E-state index contributed by atoms with van der Waals surface area (Å²) in [5, 5.41) is 17.9. The molecule has 0 fully saturated rings. The van der Waals surface area contributed by atoms with Crippen LogP contribution in [0.5, 0.6) is 0 Å². The Labute approximate surface area is 191 Å². The number of carbonyl (C=O) groups excluding carboxylic acids is 1. The van der Waals surface area contributed by atoms with E-state index < -0.39 is 5.97 Å². The van der Waals surface area contributed by atoms with E-state index in [4.69, 9.17) is 24.8 Å². The van der Waals surface area contributed by atoms with Crippen molar-refractivity contribution in [2.75, 3.05) is 59.4 Å². The van der Waals surface area contributed by atoms with Crippen LogP contribution in [0.3, 0.4) is 0 Å². The molecule has 1 amide bonds. The summed E-state index contributed by atoms with van der Waals surface area (Å²) in [6, 6.07) is 5.92. The lowest BCUT2D eigenvalue weighted by Crippen LogP contribution is -2.27. The van der Waals surface area contributed by atoms with Crippen molar-refractivity contribution in [3.63, 3.8) is 0 Å². The summed E-state index contributed by atoms with van der Waals surface area (Å²) in [5.41, 5.74) is 7.87. The molecule has 2 aromatic rings. The molecule has 12 heteroatoms. The Balaban J connectivity index is 1.59. The lowest BCUT2D eigenvalue weighted by molar-refractivity contribution is 0.0157. The van der Waals surface area contributed by atoms with Gasteiger partial charge in [0.05, 0.1) is 56.6 Å². The number of hydrogen-bond donors (Lipinski definition) is 4. The Hall–Kier alpha value is -3.32. The minimum Gasteiger partial charge on any atom is -0.478 e. The summed E-state index contributed by atoms with van der Waals surface area (Å²) in [4.78, 5) is 31.8. The highest BCUT2D eigenvalue weighted by Crippen LogP contribution is 2.16. The molecule has 0 spiro atoms. The van der Waals surface area contributed by atoms with Crippen LogP contribution in [0.4, 0.5) is 0 Å². The van der Waals surface area contributed by atoms with Crippen molar-refractivity contribution in [3.05, 3.63) is 47.8 Å². The molecule has 0 unspecified atom stereocenters. The topological polar surface area (TPSA) is 168 Å². The zero-order chi connectivity index (χ0) is 23.7. The number of aromatic nitrogens is 2. The Morgan fingerprint density at radius 3 is 2.03 bits per heavy atom. The van der Waals surface area contributed by atoms with Gasteiger partial charge in [0.2, 0.25) is 0 Å². The van der Waals surface area contributed by atoms with E-state index in [9.17, 15) is 9.59 Å². The molecule has 0 aliphatic heterocycles. The number of carboxylic acids is 1. The van der Waals surface area contributed by atoms with Gasteiger partial charge < -0.3 is 24.6 Å². The van der Waals surface area contributed by atoms with Gasteiger partial charge >= 0.3 is 5.97 Å². The Morgan fingerprint density at radius 1 is 0.879 bits per heavy atom. The number of hydrogen-bond acceptors (Lipinski definition) is 10. The van der Waals surface area contributed by atoms with E-state index in [1.165, 1.54) is 24.5 Å². The van der Waals surface area contributed by atoms with E-state index in [2.05, 4.69) is 25.7 Å². The summed E-state index contributed by atoms with van der Waals surface area (Å²) < 4.78 is 16.1. The van der Waals surface area contributed by atoms with Gasteiger partial charge in [0.25, 0.3) is 5.91 Å². The molecule has 0 atom stereocenters. The highest BCUT2D eigenvalue weighted by molar-refractivity contribution is 5.95. The van der Waals surface area contributed by atoms with Crippen molar-refractivity contribution in [2.45, 2.75) is 0 Å². The van der Waals surface area contributed by atoms with Gasteiger partial charge in [0.15, 0.2) is 0 Å². The van der Waals surface area contributed by atoms with Crippen LogP contribution in [0.25, 0.3) is 11.4 Å². The molecule has 2 aromatic heterocycles. The predicted octanol–water partition coefficient (Wildman–Crippen LogP) is 1.20. The molecule has 12 nitrogen and oxygen atoms in total. The largest absolute Gasteiger partial charge is 0.478 e. The minimum absolute atomic E-state index is 0.0931. The highest BCUT2D eigenvalue weighted by Gasteiger charge is 2.10. The molecule has 0 saturated carbocycles. The first-order valence-electron chi connectivity index (χ1n) is 10.3. The number of ether oxygens (including phenoxy) is 3. The number of nitrogens with one attached hydrogen (secondary N) is 3. The number of rotatable bonds is 17. The standard InChI is InChI=1S/C21H28N6O6/c22-27-15-23-5-7-31-9-11-33-12-10-32-8-6-26-20(28)16-1-3-24-18(13-16)19-14-17(21(29)30)2-4-25-19/h1-4,13-14,22-23H,5-12,15H2,(H,26,28)(H,29,30). The van der Waals surface area contributed by atoms with Gasteiger partial charge in [-0.1, -0.05) is 0 Å². The van der Waals surface area contributed by atoms with Crippen molar-refractivity contribution < 1.29 is 28.9 Å². The summed E-state index contributed by atoms with van der Waals surface area (Å²) in [6.45, 7) is 3.85. The van der Waals surface area contributed by atoms with Gasteiger partial charge in [-0.05, 0) is 24.3 Å². The van der Waals surface area contributed by atoms with E-state index in [1.54, 1.807) is 12.1 Å². The second kappa shape index (κ2) is 15.5. The van der Waals surface area contributed by atoms with Crippen LogP contribution in [0.1, 0.15) is 20.7 Å². The third-order valence-electron chi connectivity index (χ3n) is 4.18. The minimum atomic E-state index is -1.06. The van der Waals surface area contributed by atoms with Gasteiger partial charge in [-0.2, -0.15) is 5.11 Å². The van der Waals surface area contributed by atoms with Crippen LogP contribution in [0, 0.1) is 5.53 Å². The molecule has 0 saturated heterocycles. The fraction of sp³-hybridized carbons (Fsp3) is 0.429. The molecule has 178 valence electrons. The van der Waals surface area contributed by atoms with Gasteiger partial charge in [-0.15, -0.1) is 0 Å². The zero-order valence-corrected chi connectivity index (χ0v) is 18.2. The fourth-order valence-electron chi connectivity index (χ4n) is 2.58. The maximum atomic E-state index is 12.4. The van der Waals surface area contributed by atoms with Crippen LogP contribution in [0.15, 0.2) is 41.8 Å². The number of pyridine rings is 2. The van der Waals surface area contributed by atoms with Gasteiger partial charge in [-0.3, -0.25) is 20.1 Å². The average Bonchev–Trinajstić information content (AvgIpc) is 2.84. The van der Waals surface area contributed by atoms with Crippen LogP contribution >= 0.6 is 0 Å². The van der Waals surface area contributed by atoms with Crippen molar-refractivity contribution in [1.82, 2.24) is 20.6 Å². The van der Waals surface area contributed by atoms with Gasteiger partial charge in [-0.25, -0.2) is 10.3 Å². The Morgan fingerprint density at radius 2 is 1.42 bits per heavy atom. The van der Waals surface area contributed by atoms with E-state index in [0.717, 1.165) is 0 Å². The van der Waals surface area contributed by atoms with E-state index in [-0.39, 0.29) is 11.5 Å². The van der Waals surface area contributed by atoms with Crippen molar-refractivity contribution >= 4 is 11.9 Å². The Kier molecular flexibility index (Phi) is 12.2. The smallest absolute Gasteiger partial charge is 0.335 e. The molecule has 33 heavy (non-hydrogen) atoms. The highest BCUT2D eigenvalue weighted by atomic mass is 16.5. The second-order valence-corrected chi connectivity index (χ2v) is 6.57. The fourth-order valence-corrected chi connectivity index (χ4v) is 2.58. The molecule has 0 bridgehead atoms. The first kappa shape index (κ1) is 25.9. The normalized spacial score (nSPS) is 10.7. The molecule has 2 rings (SSSR count). The molecule has 0 aliphatic carbocycles. The second-order valence-electron chi connectivity index (χ2n) is 6.57. The summed E-state index contributed by atoms with van der Waals surface area (Å²) in [7, 11) is 0. The molecule has 2 heterocycles. The van der Waals surface area contributed by atoms with Crippen LogP contribution < -0.4 is 10.6 Å². The van der Waals surface area contributed by atoms with Crippen LogP contribution in [-0.2, 0) is 14.2 Å². The third kappa shape index (κ3) is 10.2. The summed E-state index contributed by atoms with van der Waals surface area (Å²) >= 11 is 0. The number of nitrogens with zero attached hydrogens (tertiary/aromatic N) is 3. The lowest BCUT2D eigenvalue weighted by Gasteiger charge is -2.08. The number of carbonyl (C=O) groups is 2. The maximum Gasteiger partial charge on any atom is 0.335 e. The van der Waals surface area contributed by atoms with Crippen molar-refractivity contribution in [1.29, 1.82) is 5.53 Å². The van der Waals surface area contributed by atoms with Crippen LogP contribution in [-0.4, -0.2) is 86.4 Å². The number of carboxylic acid groups (broad SMARTS) is 1. The van der Waals surface area contributed by atoms with Crippen LogP contribution in [0.2, 0.25) is 0 Å². The molecule has 4 N–H and O–H groups in total. The molecular formula is C21H28N6O6. The molecule has 0 aliphatic rings. The SMILES string of the molecule is N=NCNCCOCCOCCOCCNC(=O)c1ccnc(-c2cc(C(=O)O)ccn2)c1. The first-order chi connectivity index (χ1) is 16.1. The molecular weight excluding hydrogens is 432 g/mol. The van der Waals surface area contributed by atoms with E-state index in [0.29, 0.717) is 76.4 Å². The predicted molar refractivity (Wildman–Crippen MR) is 117 cm³/mol. The Bertz CT molecular complexity index is 897. The lowest BCUT2D eigenvalue weighted by atomic mass is 10.1. The van der Waals surface area contributed by atoms with Crippen molar-refractivity contribution in [2.24, 2.45) is 5.11 Å². The number of aromatic carboxylic acids is 1. The monoisotopic (exact) mass is 460 g/mol. The molecule has 0 radical (unpaired) electrons. The third-order valence-corrected chi connectivity index (χ3v) is 4.18. The van der Waals surface area contributed by atoms with Gasteiger partial charge in [0.1, 0.15) is 6.67 Å². The van der Waals surface area contributed by atoms with Gasteiger partial charge in [0, 0.05) is 31.0 Å². The van der Waals surface area contributed by atoms with E-state index in [1.807, 2.05) is 0 Å². The average molecular weight is 460 g/mol. The first-order valence-corrected chi connectivity index (χ1v) is 10.3. The quantitative estimate of drug-likeness (QED) is 0.200. The zero-order valence-electron chi connectivity index (χ0n) is 18.2. The van der Waals surface area contributed by atoms with E-state index >= 15 is 0 Å². The maximum absolute atomic E-state index is 12.4.